The number of ketones is 1. The topological polar surface area (TPSA) is 46.2 Å². The molecule has 0 radical (unpaired) electrons. The predicted molar refractivity (Wildman–Crippen MR) is 45.6 cm³/mol. The van der Waals surface area contributed by atoms with E-state index in [9.17, 15) is 9.59 Å². The molecular weight excluding hydrogens is 154 g/mol. The van der Waals surface area contributed by atoms with Crippen LogP contribution in [0.3, 0.4) is 0 Å². The van der Waals surface area contributed by atoms with Crippen LogP contribution in [0.5, 0.6) is 0 Å². The number of rotatable bonds is 3. The summed E-state index contributed by atoms with van der Waals surface area (Å²) in [5.41, 5.74) is 0. The minimum atomic E-state index is 0.00993. The Morgan fingerprint density at radius 2 is 2.00 bits per heavy atom. The molecule has 1 aliphatic carbocycles. The molecular formula is C9H15NO2. The van der Waals surface area contributed by atoms with Crippen molar-refractivity contribution in [2.45, 2.75) is 26.7 Å². The van der Waals surface area contributed by atoms with Gasteiger partial charge in [-0.1, -0.05) is 6.92 Å². The second kappa shape index (κ2) is 3.70. The first-order chi connectivity index (χ1) is 5.59. The minimum Gasteiger partial charge on any atom is -0.349 e. The number of carbonyl (C=O) groups excluding carboxylic acids is 2. The fourth-order valence-corrected chi connectivity index (χ4v) is 1.47. The van der Waals surface area contributed by atoms with E-state index in [4.69, 9.17) is 0 Å². The highest BCUT2D eigenvalue weighted by molar-refractivity contribution is 5.85. The zero-order valence-electron chi connectivity index (χ0n) is 7.59. The van der Waals surface area contributed by atoms with Crippen LogP contribution in [-0.2, 0) is 9.59 Å². The van der Waals surface area contributed by atoms with Gasteiger partial charge in [0.2, 0.25) is 5.91 Å². The normalized spacial score (nSPS) is 27.5. The fourth-order valence-electron chi connectivity index (χ4n) is 1.47. The van der Waals surface area contributed by atoms with Gasteiger partial charge in [-0.05, 0) is 25.7 Å². The average molecular weight is 169 g/mol. The molecule has 0 atom stereocenters. The number of carbonyl (C=O) groups is 2. The average Bonchev–Trinajstić information content (AvgIpc) is 1.94. The molecule has 1 saturated carbocycles. The van der Waals surface area contributed by atoms with Gasteiger partial charge in [-0.3, -0.25) is 9.59 Å². The van der Waals surface area contributed by atoms with Crippen molar-refractivity contribution >= 4 is 11.7 Å². The van der Waals surface area contributed by atoms with Gasteiger partial charge in [-0.2, -0.15) is 0 Å². The van der Waals surface area contributed by atoms with Crippen molar-refractivity contribution in [1.29, 1.82) is 0 Å². The molecule has 0 aliphatic heterocycles. The van der Waals surface area contributed by atoms with Gasteiger partial charge in [0, 0.05) is 5.92 Å². The van der Waals surface area contributed by atoms with E-state index in [2.05, 4.69) is 12.2 Å². The summed E-state index contributed by atoms with van der Waals surface area (Å²) in [6, 6.07) is 0. The lowest BCUT2D eigenvalue weighted by Crippen LogP contribution is -2.39. The first-order valence-electron chi connectivity index (χ1n) is 4.36. The molecule has 0 aromatic rings. The number of nitrogens with one attached hydrogen (secondary N) is 1. The minimum absolute atomic E-state index is 0.00993. The third kappa shape index (κ3) is 2.32. The van der Waals surface area contributed by atoms with E-state index >= 15 is 0 Å². The van der Waals surface area contributed by atoms with Crippen LogP contribution in [0.2, 0.25) is 0 Å². The highest BCUT2D eigenvalue weighted by Crippen LogP contribution is 2.32. The van der Waals surface area contributed by atoms with Crippen molar-refractivity contribution in [2.24, 2.45) is 11.8 Å². The van der Waals surface area contributed by atoms with Crippen LogP contribution in [0.15, 0.2) is 0 Å². The van der Waals surface area contributed by atoms with Gasteiger partial charge >= 0.3 is 0 Å². The lowest BCUT2D eigenvalue weighted by atomic mass is 9.76. The summed E-state index contributed by atoms with van der Waals surface area (Å²) in [5.74, 6) is 0.899. The molecule has 0 aromatic carbocycles. The number of hydrogen-bond acceptors (Lipinski definition) is 2. The fraction of sp³-hybridized carbons (Fsp3) is 0.778. The van der Waals surface area contributed by atoms with E-state index in [1.807, 2.05) is 0 Å². The molecule has 1 aliphatic rings. The maximum Gasteiger partial charge on any atom is 0.223 e. The third-order valence-corrected chi connectivity index (χ3v) is 2.26. The second-order valence-electron chi connectivity index (χ2n) is 3.69. The Hall–Kier alpha value is -0.860. The summed E-state index contributed by atoms with van der Waals surface area (Å²) >= 11 is 0. The van der Waals surface area contributed by atoms with Crippen LogP contribution in [0, 0.1) is 11.8 Å². The summed E-state index contributed by atoms with van der Waals surface area (Å²) in [6.45, 7) is 3.79. The molecule has 1 amide bonds. The van der Waals surface area contributed by atoms with Crippen LogP contribution < -0.4 is 5.32 Å². The van der Waals surface area contributed by atoms with Crippen molar-refractivity contribution in [2.75, 3.05) is 6.54 Å². The zero-order chi connectivity index (χ0) is 9.14. The van der Waals surface area contributed by atoms with Crippen LogP contribution in [0.1, 0.15) is 26.7 Å². The van der Waals surface area contributed by atoms with Gasteiger partial charge in [0.25, 0.3) is 0 Å². The highest BCUT2D eigenvalue weighted by Gasteiger charge is 2.31. The Balaban J connectivity index is 2.17. The van der Waals surface area contributed by atoms with E-state index in [1.54, 1.807) is 0 Å². The molecule has 3 nitrogen and oxygen atoms in total. The first kappa shape index (κ1) is 9.23. The van der Waals surface area contributed by atoms with Gasteiger partial charge in [0.1, 0.15) is 5.78 Å². The molecule has 3 heteroatoms. The van der Waals surface area contributed by atoms with Crippen LogP contribution >= 0.6 is 0 Å². The monoisotopic (exact) mass is 169 g/mol. The zero-order valence-corrected chi connectivity index (χ0v) is 7.59. The van der Waals surface area contributed by atoms with Crippen molar-refractivity contribution in [3.05, 3.63) is 0 Å². The van der Waals surface area contributed by atoms with Gasteiger partial charge in [0.05, 0.1) is 6.54 Å². The lowest BCUT2D eigenvalue weighted by Gasteiger charge is -2.31. The number of hydrogen-bond donors (Lipinski definition) is 1. The standard InChI is InChI=1S/C9H15NO2/c1-6-3-8(4-6)9(12)10-5-7(2)11/h6,8H,3-5H2,1-2H3,(H,10,12). The summed E-state index contributed by atoms with van der Waals surface area (Å²) in [5, 5.41) is 2.62. The maximum absolute atomic E-state index is 11.2. The summed E-state index contributed by atoms with van der Waals surface area (Å²) in [7, 11) is 0. The SMILES string of the molecule is CC(=O)CNC(=O)C1CC(C)C1. The molecule has 1 rings (SSSR count). The van der Waals surface area contributed by atoms with E-state index < -0.39 is 0 Å². The molecule has 0 aromatic heterocycles. The van der Waals surface area contributed by atoms with Gasteiger partial charge in [0.15, 0.2) is 0 Å². The van der Waals surface area contributed by atoms with Crippen LogP contribution in [0.4, 0.5) is 0 Å². The molecule has 0 bridgehead atoms. The Morgan fingerprint density at radius 1 is 1.42 bits per heavy atom. The van der Waals surface area contributed by atoms with Gasteiger partial charge < -0.3 is 5.32 Å². The Labute approximate surface area is 72.5 Å². The Kier molecular flexibility index (Phi) is 2.84. The predicted octanol–water partition coefficient (Wildman–Crippen LogP) is 0.738. The molecule has 0 spiro atoms. The van der Waals surface area contributed by atoms with E-state index in [-0.39, 0.29) is 24.2 Å². The van der Waals surface area contributed by atoms with E-state index in [1.165, 1.54) is 6.92 Å². The van der Waals surface area contributed by atoms with E-state index in [0.29, 0.717) is 5.92 Å². The second-order valence-corrected chi connectivity index (χ2v) is 3.69. The van der Waals surface area contributed by atoms with Crippen molar-refractivity contribution in [3.63, 3.8) is 0 Å². The van der Waals surface area contributed by atoms with Crippen molar-refractivity contribution < 1.29 is 9.59 Å². The summed E-state index contributed by atoms with van der Waals surface area (Å²) < 4.78 is 0. The van der Waals surface area contributed by atoms with Gasteiger partial charge in [-0.25, -0.2) is 0 Å². The highest BCUT2D eigenvalue weighted by atomic mass is 16.2. The maximum atomic E-state index is 11.2. The van der Waals surface area contributed by atoms with Crippen molar-refractivity contribution in [3.8, 4) is 0 Å². The molecule has 68 valence electrons. The number of Topliss-reactive ketones (excluding diaryl/α,β-unsaturated/α-hetero) is 1. The van der Waals surface area contributed by atoms with Crippen molar-refractivity contribution in [1.82, 2.24) is 5.32 Å². The molecule has 1 fully saturated rings. The smallest absolute Gasteiger partial charge is 0.223 e. The molecule has 0 heterocycles. The Bertz CT molecular complexity index is 195. The molecule has 1 N–H and O–H groups in total. The van der Waals surface area contributed by atoms with E-state index in [0.717, 1.165) is 12.8 Å². The largest absolute Gasteiger partial charge is 0.349 e. The van der Waals surface area contributed by atoms with Crippen LogP contribution in [-0.4, -0.2) is 18.2 Å². The first-order valence-corrected chi connectivity index (χ1v) is 4.36. The molecule has 12 heavy (non-hydrogen) atoms. The summed E-state index contributed by atoms with van der Waals surface area (Å²) in [6.07, 6.45) is 1.95. The summed E-state index contributed by atoms with van der Waals surface area (Å²) in [4.78, 5) is 21.7. The number of amides is 1. The lowest BCUT2D eigenvalue weighted by molar-refractivity contribution is -0.130. The molecule has 0 saturated heterocycles. The Morgan fingerprint density at radius 3 is 2.42 bits per heavy atom. The molecule has 0 unspecified atom stereocenters. The van der Waals surface area contributed by atoms with Gasteiger partial charge in [-0.15, -0.1) is 0 Å². The third-order valence-electron chi connectivity index (χ3n) is 2.26. The quantitative estimate of drug-likeness (QED) is 0.677. The van der Waals surface area contributed by atoms with Crippen LogP contribution in [0.25, 0.3) is 0 Å².